The van der Waals surface area contributed by atoms with Gasteiger partial charge in [-0.25, -0.2) is 4.98 Å². The maximum Gasteiger partial charge on any atom is 0.387 e. The normalized spacial score (nSPS) is 21.0. The fourth-order valence-electron chi connectivity index (χ4n) is 4.47. The lowest BCUT2D eigenvalue weighted by atomic mass is 9.95. The average molecular weight is 454 g/mol. The summed E-state index contributed by atoms with van der Waals surface area (Å²) in [5.41, 5.74) is 1.43. The second kappa shape index (κ2) is 7.56. The van der Waals surface area contributed by atoms with Crippen LogP contribution in [0.2, 0.25) is 0 Å². The van der Waals surface area contributed by atoms with E-state index in [0.29, 0.717) is 22.4 Å². The number of hydrogen-bond acceptors (Lipinski definition) is 4. The standard InChI is InChI=1S/C25H23F2N3O3/c1-25(2,13-31)10-9-14-7-8-16-17(11-14)30-18-12-19(22(30)28-16)29(3)23(32)15-5-4-6-20(21(15)18)33-24(26)27/h4-8,11,18-19,24,31H,12-13H2,1-3H3/t18-,19-/m1/s1/i3D3. The molecule has 0 unspecified atom stereocenters. The van der Waals surface area contributed by atoms with E-state index < -0.39 is 37.0 Å². The molecule has 0 aliphatic carbocycles. The van der Waals surface area contributed by atoms with Crippen LogP contribution in [0.4, 0.5) is 8.78 Å². The first-order chi connectivity index (χ1) is 16.9. The molecule has 0 radical (unpaired) electrons. The quantitative estimate of drug-likeness (QED) is 0.605. The van der Waals surface area contributed by atoms with Crippen molar-refractivity contribution in [3.8, 4) is 17.6 Å². The lowest BCUT2D eigenvalue weighted by Gasteiger charge is -2.24. The summed E-state index contributed by atoms with van der Waals surface area (Å²) in [6.07, 6.45) is 0.145. The zero-order chi connectivity index (χ0) is 26.0. The number of nitrogens with zero attached hydrogens (tertiary/aromatic N) is 3. The first-order valence-electron chi connectivity index (χ1n) is 12.0. The maximum atomic E-state index is 13.4. The van der Waals surface area contributed by atoms with E-state index in [0.717, 1.165) is 4.90 Å². The highest BCUT2D eigenvalue weighted by molar-refractivity contribution is 5.97. The van der Waals surface area contributed by atoms with Gasteiger partial charge >= 0.3 is 6.61 Å². The molecule has 170 valence electrons. The van der Waals surface area contributed by atoms with Gasteiger partial charge in [-0.15, -0.1) is 0 Å². The van der Waals surface area contributed by atoms with Gasteiger partial charge in [0.15, 0.2) is 0 Å². The Morgan fingerprint density at radius 1 is 1.33 bits per heavy atom. The van der Waals surface area contributed by atoms with Crippen LogP contribution in [0.5, 0.6) is 5.75 Å². The van der Waals surface area contributed by atoms with Crippen molar-refractivity contribution in [2.24, 2.45) is 5.41 Å². The number of aliphatic hydroxyl groups is 1. The minimum absolute atomic E-state index is 0.00455. The van der Waals surface area contributed by atoms with Crippen molar-refractivity contribution in [2.45, 2.75) is 39.0 Å². The van der Waals surface area contributed by atoms with E-state index in [2.05, 4.69) is 16.8 Å². The number of carbonyl (C=O) groups excluding carboxylic acids is 1. The second-order valence-corrected chi connectivity index (χ2v) is 8.87. The Balaban J connectivity index is 1.76. The molecule has 8 heteroatoms. The zero-order valence-electron chi connectivity index (χ0n) is 21.0. The topological polar surface area (TPSA) is 67.6 Å². The highest BCUT2D eigenvalue weighted by atomic mass is 19.3. The molecule has 1 N–H and O–H groups in total. The molecule has 2 aromatic carbocycles. The predicted octanol–water partition coefficient (Wildman–Crippen LogP) is 4.13. The van der Waals surface area contributed by atoms with E-state index in [9.17, 15) is 18.7 Å². The molecular weight excluding hydrogens is 428 g/mol. The largest absolute Gasteiger partial charge is 0.434 e. The number of benzene rings is 2. The average Bonchev–Trinajstić information content (AvgIpc) is 3.29. The van der Waals surface area contributed by atoms with E-state index in [1.54, 1.807) is 22.8 Å². The fraction of sp³-hybridized carbons (Fsp3) is 0.360. The van der Waals surface area contributed by atoms with Crippen molar-refractivity contribution >= 4 is 16.9 Å². The Morgan fingerprint density at radius 3 is 2.88 bits per heavy atom. The molecule has 3 heterocycles. The van der Waals surface area contributed by atoms with Crippen molar-refractivity contribution in [1.82, 2.24) is 14.5 Å². The van der Waals surface area contributed by atoms with Crippen LogP contribution in [0, 0.1) is 17.3 Å². The molecule has 0 saturated heterocycles. The van der Waals surface area contributed by atoms with Crippen LogP contribution >= 0.6 is 0 Å². The summed E-state index contributed by atoms with van der Waals surface area (Å²) in [4.78, 5) is 18.9. The van der Waals surface area contributed by atoms with Crippen molar-refractivity contribution < 1.29 is 27.5 Å². The fourth-order valence-corrected chi connectivity index (χ4v) is 4.47. The molecule has 3 aromatic rings. The molecule has 1 amide bonds. The van der Waals surface area contributed by atoms with E-state index in [-0.39, 0.29) is 29.9 Å². The van der Waals surface area contributed by atoms with Gasteiger partial charge in [0, 0.05) is 39.6 Å². The van der Waals surface area contributed by atoms with Gasteiger partial charge in [-0.2, -0.15) is 8.78 Å². The Hall–Kier alpha value is -3.44. The highest BCUT2D eigenvalue weighted by Crippen LogP contribution is 2.49. The molecule has 0 saturated carbocycles. The third-order valence-corrected chi connectivity index (χ3v) is 6.09. The lowest BCUT2D eigenvalue weighted by Crippen LogP contribution is -2.30. The molecule has 1 aromatic heterocycles. The molecule has 0 fully saturated rings. The number of alkyl halides is 2. The summed E-state index contributed by atoms with van der Waals surface area (Å²) in [5, 5.41) is 9.50. The predicted molar refractivity (Wildman–Crippen MR) is 118 cm³/mol. The van der Waals surface area contributed by atoms with Gasteiger partial charge in [0.25, 0.3) is 5.91 Å². The number of halogens is 2. The lowest BCUT2D eigenvalue weighted by molar-refractivity contribution is -0.0507. The Labute approximate surface area is 194 Å². The van der Waals surface area contributed by atoms with Crippen LogP contribution in [-0.4, -0.2) is 45.7 Å². The van der Waals surface area contributed by atoms with Crippen molar-refractivity contribution in [3.63, 3.8) is 0 Å². The second-order valence-electron chi connectivity index (χ2n) is 8.87. The summed E-state index contributed by atoms with van der Waals surface area (Å²) >= 11 is 0. The summed E-state index contributed by atoms with van der Waals surface area (Å²) in [5.74, 6) is 5.47. The van der Waals surface area contributed by atoms with Crippen LogP contribution in [0.25, 0.3) is 11.0 Å². The number of amides is 1. The number of ether oxygens (including phenoxy) is 1. The molecule has 2 aliphatic rings. The van der Waals surface area contributed by atoms with Crippen LogP contribution in [0.1, 0.15) is 63.8 Å². The summed E-state index contributed by atoms with van der Waals surface area (Å²) in [7, 11) is 0. The van der Waals surface area contributed by atoms with Gasteiger partial charge < -0.3 is 19.3 Å². The van der Waals surface area contributed by atoms with Gasteiger partial charge in [0.2, 0.25) is 0 Å². The molecule has 2 bridgehead atoms. The van der Waals surface area contributed by atoms with E-state index in [1.165, 1.54) is 18.2 Å². The Morgan fingerprint density at radius 2 is 2.15 bits per heavy atom. The van der Waals surface area contributed by atoms with Crippen molar-refractivity contribution in [3.05, 3.63) is 58.9 Å². The van der Waals surface area contributed by atoms with Crippen molar-refractivity contribution in [1.29, 1.82) is 0 Å². The highest BCUT2D eigenvalue weighted by Gasteiger charge is 2.45. The monoisotopic (exact) mass is 454 g/mol. The molecule has 5 rings (SSSR count). The first-order valence-corrected chi connectivity index (χ1v) is 10.5. The number of aromatic nitrogens is 2. The number of aliphatic hydroxyl groups excluding tert-OH is 1. The smallest absolute Gasteiger partial charge is 0.387 e. The molecule has 6 nitrogen and oxygen atoms in total. The van der Waals surface area contributed by atoms with Gasteiger partial charge in [0.05, 0.1) is 29.7 Å². The third-order valence-electron chi connectivity index (χ3n) is 6.09. The minimum atomic E-state index is -3.12. The molecule has 33 heavy (non-hydrogen) atoms. The Bertz CT molecular complexity index is 1440. The van der Waals surface area contributed by atoms with E-state index >= 15 is 0 Å². The number of hydrogen-bond donors (Lipinski definition) is 1. The van der Waals surface area contributed by atoms with E-state index in [4.69, 9.17) is 8.85 Å². The van der Waals surface area contributed by atoms with Crippen LogP contribution in [0.15, 0.2) is 36.4 Å². The number of carbonyl (C=O) groups is 1. The summed E-state index contributed by atoms with van der Waals surface area (Å²) < 4.78 is 57.4. The van der Waals surface area contributed by atoms with E-state index in [1.807, 2.05) is 13.8 Å². The number of fused-ring (bicyclic) bond motifs is 9. The van der Waals surface area contributed by atoms with Crippen LogP contribution in [-0.2, 0) is 0 Å². The summed E-state index contributed by atoms with van der Waals surface area (Å²) in [6, 6.07) is 7.93. The molecule has 0 spiro atoms. The first kappa shape index (κ1) is 18.0. The van der Waals surface area contributed by atoms with Crippen molar-refractivity contribution in [2.75, 3.05) is 13.6 Å². The number of imidazole rings is 1. The molecule has 2 aliphatic heterocycles. The number of rotatable bonds is 3. The minimum Gasteiger partial charge on any atom is -0.434 e. The van der Waals surface area contributed by atoms with Crippen LogP contribution in [0.3, 0.4) is 0 Å². The molecule has 2 atom stereocenters. The SMILES string of the molecule is [2H]C([2H])([2H])N1C(=O)c2cccc(OC(F)F)c2[C@H]2C[C@@H]1c1nc3ccc(C#CC(C)(C)CO)cc3n12. The van der Waals surface area contributed by atoms with Gasteiger partial charge in [-0.05, 0) is 44.2 Å². The van der Waals surface area contributed by atoms with Gasteiger partial charge in [-0.1, -0.05) is 17.9 Å². The van der Waals surface area contributed by atoms with Crippen LogP contribution < -0.4 is 4.74 Å². The summed E-state index contributed by atoms with van der Waals surface area (Å²) in [6.45, 7) is -2.40. The maximum absolute atomic E-state index is 13.4. The Kier molecular flexibility index (Phi) is 4.13. The van der Waals surface area contributed by atoms with Gasteiger partial charge in [-0.3, -0.25) is 4.79 Å². The third kappa shape index (κ3) is 3.44. The van der Waals surface area contributed by atoms with Gasteiger partial charge in [0.1, 0.15) is 11.6 Å². The molecular formula is C25H23F2N3O3. The zero-order valence-corrected chi connectivity index (χ0v) is 18.0.